The highest BCUT2D eigenvalue weighted by atomic mass is 16.5. The van der Waals surface area contributed by atoms with Crippen LogP contribution in [0.2, 0.25) is 0 Å². The van der Waals surface area contributed by atoms with E-state index in [0.717, 1.165) is 56.8 Å². The smallest absolute Gasteiger partial charge is 0.268 e. The summed E-state index contributed by atoms with van der Waals surface area (Å²) >= 11 is 0. The molecule has 3 heterocycles. The summed E-state index contributed by atoms with van der Waals surface area (Å²) in [5.74, 6) is 0.820. The molecule has 6 heteroatoms. The highest BCUT2D eigenvalue weighted by Crippen LogP contribution is 2.44. The topological polar surface area (TPSA) is 66.6 Å². The van der Waals surface area contributed by atoms with Crippen LogP contribution >= 0.6 is 0 Å². The van der Waals surface area contributed by atoms with Gasteiger partial charge in [0.25, 0.3) is 5.91 Å². The van der Waals surface area contributed by atoms with Gasteiger partial charge in [0.15, 0.2) is 0 Å². The number of piperidine rings is 1. The summed E-state index contributed by atoms with van der Waals surface area (Å²) in [5, 5.41) is 3.21. The lowest BCUT2D eigenvalue weighted by atomic mass is 9.80. The van der Waals surface area contributed by atoms with Crippen molar-refractivity contribution in [1.29, 1.82) is 0 Å². The Bertz CT molecular complexity index is 767. The molecule has 2 aliphatic rings. The van der Waals surface area contributed by atoms with Crippen LogP contribution in [0.5, 0.6) is 5.75 Å². The van der Waals surface area contributed by atoms with Crippen LogP contribution in [0.4, 0.5) is 0 Å². The third kappa shape index (κ3) is 3.87. The molecule has 1 amide bonds. The number of H-pyrrole nitrogens is 1. The third-order valence-electron chi connectivity index (χ3n) is 5.72. The first-order valence-electron chi connectivity index (χ1n) is 9.63. The number of amides is 1. The molecule has 1 atom stereocenters. The van der Waals surface area contributed by atoms with Gasteiger partial charge in [0.1, 0.15) is 17.0 Å². The maximum absolute atomic E-state index is 12.6. The molecule has 1 fully saturated rings. The predicted octanol–water partition coefficient (Wildman–Crippen LogP) is 2.75. The maximum Gasteiger partial charge on any atom is 0.268 e. The number of nitrogens with zero attached hydrogens (tertiary/aromatic N) is 1. The number of carbonyl (C=O) groups is 1. The number of para-hydroxylation sites is 1. The van der Waals surface area contributed by atoms with Crippen LogP contribution in [0.25, 0.3) is 0 Å². The fraction of sp³-hybridized carbons (Fsp3) is 0.476. The maximum atomic E-state index is 12.6. The Hall–Kier alpha value is -2.31. The summed E-state index contributed by atoms with van der Waals surface area (Å²) < 4.78 is 11.7. The van der Waals surface area contributed by atoms with E-state index in [4.69, 9.17) is 9.47 Å². The number of carbonyl (C=O) groups excluding carboxylic acids is 1. The lowest BCUT2D eigenvalue weighted by Crippen LogP contribution is -2.52. The molecule has 1 unspecified atom stereocenters. The molecule has 2 aromatic rings. The third-order valence-corrected chi connectivity index (χ3v) is 5.72. The summed E-state index contributed by atoms with van der Waals surface area (Å²) in [6.07, 6.45) is 4.48. The average molecular weight is 369 g/mol. The first-order chi connectivity index (χ1) is 13.2. The molecular weight excluding hydrogens is 342 g/mol. The standard InChI is InChI=1S/C21H27N3O3/c1-26-14-13-24-11-8-21(9-12-24)15-18(16-5-2-3-7-19(16)27-21)23-20(25)17-6-4-10-22-17/h2-7,10,18,22H,8-9,11-15H2,1H3,(H,23,25). The molecule has 0 radical (unpaired) electrons. The van der Waals surface area contributed by atoms with Crippen LogP contribution in [0.15, 0.2) is 42.6 Å². The van der Waals surface area contributed by atoms with E-state index in [9.17, 15) is 4.79 Å². The molecule has 1 saturated heterocycles. The minimum absolute atomic E-state index is 0.0451. The SMILES string of the molecule is COCCN1CCC2(CC1)CC(NC(=O)c1ccc[nH]1)c1ccccc1O2. The number of hydrogen-bond acceptors (Lipinski definition) is 4. The first-order valence-corrected chi connectivity index (χ1v) is 9.63. The van der Waals surface area contributed by atoms with E-state index in [1.807, 2.05) is 24.3 Å². The van der Waals surface area contributed by atoms with Gasteiger partial charge in [-0.2, -0.15) is 0 Å². The average Bonchev–Trinajstić information content (AvgIpc) is 3.23. The van der Waals surface area contributed by atoms with E-state index in [1.54, 1.807) is 19.4 Å². The fourth-order valence-electron chi connectivity index (χ4n) is 4.17. The van der Waals surface area contributed by atoms with Crippen molar-refractivity contribution in [1.82, 2.24) is 15.2 Å². The lowest BCUT2D eigenvalue weighted by Gasteiger charge is -2.47. The van der Waals surface area contributed by atoms with E-state index in [-0.39, 0.29) is 17.6 Å². The van der Waals surface area contributed by atoms with Crippen LogP contribution < -0.4 is 10.1 Å². The van der Waals surface area contributed by atoms with Crippen molar-refractivity contribution in [3.05, 3.63) is 53.9 Å². The Kier molecular flexibility index (Phi) is 5.18. The Morgan fingerprint density at radius 1 is 1.30 bits per heavy atom. The Morgan fingerprint density at radius 3 is 2.85 bits per heavy atom. The van der Waals surface area contributed by atoms with Gasteiger partial charge in [-0.15, -0.1) is 0 Å². The zero-order valence-electron chi connectivity index (χ0n) is 15.7. The van der Waals surface area contributed by atoms with E-state index >= 15 is 0 Å². The summed E-state index contributed by atoms with van der Waals surface area (Å²) in [6.45, 7) is 3.69. The molecule has 2 aliphatic heterocycles. The van der Waals surface area contributed by atoms with Gasteiger partial charge in [0, 0.05) is 44.9 Å². The Labute approximate surface area is 159 Å². The number of ether oxygens (including phenoxy) is 2. The zero-order chi connectivity index (χ0) is 18.7. The molecule has 1 aromatic heterocycles. The molecule has 27 heavy (non-hydrogen) atoms. The fourth-order valence-corrected chi connectivity index (χ4v) is 4.17. The largest absolute Gasteiger partial charge is 0.487 e. The molecule has 1 spiro atoms. The molecule has 0 saturated carbocycles. The van der Waals surface area contributed by atoms with Crippen molar-refractivity contribution < 1.29 is 14.3 Å². The van der Waals surface area contributed by atoms with Crippen molar-refractivity contribution in [2.24, 2.45) is 0 Å². The number of aromatic amines is 1. The van der Waals surface area contributed by atoms with Crippen LogP contribution in [-0.4, -0.2) is 54.7 Å². The summed E-state index contributed by atoms with van der Waals surface area (Å²) in [5.41, 5.74) is 1.43. The van der Waals surface area contributed by atoms with Gasteiger partial charge in [-0.25, -0.2) is 0 Å². The minimum Gasteiger partial charge on any atom is -0.487 e. The van der Waals surface area contributed by atoms with Crippen molar-refractivity contribution in [3.63, 3.8) is 0 Å². The Balaban J connectivity index is 1.51. The van der Waals surface area contributed by atoms with E-state index in [2.05, 4.69) is 21.3 Å². The number of benzene rings is 1. The zero-order valence-corrected chi connectivity index (χ0v) is 15.7. The molecule has 0 aliphatic carbocycles. The first kappa shape index (κ1) is 18.1. The minimum atomic E-state index is -0.217. The van der Waals surface area contributed by atoms with Gasteiger partial charge in [-0.05, 0) is 31.0 Å². The normalized spacial score (nSPS) is 21.4. The van der Waals surface area contributed by atoms with Crippen LogP contribution in [-0.2, 0) is 4.74 Å². The van der Waals surface area contributed by atoms with Crippen molar-refractivity contribution in [3.8, 4) is 5.75 Å². The van der Waals surface area contributed by atoms with Crippen LogP contribution in [0, 0.1) is 0 Å². The van der Waals surface area contributed by atoms with Gasteiger partial charge in [-0.3, -0.25) is 4.79 Å². The molecule has 0 bridgehead atoms. The number of likely N-dealkylation sites (tertiary alicyclic amines) is 1. The summed E-state index contributed by atoms with van der Waals surface area (Å²) in [7, 11) is 1.74. The van der Waals surface area contributed by atoms with Gasteiger partial charge >= 0.3 is 0 Å². The number of aromatic nitrogens is 1. The quantitative estimate of drug-likeness (QED) is 0.851. The highest BCUT2D eigenvalue weighted by Gasteiger charge is 2.43. The van der Waals surface area contributed by atoms with Gasteiger partial charge in [0.2, 0.25) is 0 Å². The van der Waals surface area contributed by atoms with E-state index in [1.165, 1.54) is 0 Å². The van der Waals surface area contributed by atoms with Crippen LogP contribution in [0.1, 0.15) is 41.4 Å². The number of rotatable bonds is 5. The molecule has 2 N–H and O–H groups in total. The van der Waals surface area contributed by atoms with Crippen molar-refractivity contribution in [2.75, 3.05) is 33.4 Å². The van der Waals surface area contributed by atoms with Crippen molar-refractivity contribution >= 4 is 5.91 Å². The second-order valence-corrected chi connectivity index (χ2v) is 7.47. The predicted molar refractivity (Wildman–Crippen MR) is 103 cm³/mol. The van der Waals surface area contributed by atoms with Crippen LogP contribution in [0.3, 0.4) is 0 Å². The number of hydrogen-bond donors (Lipinski definition) is 2. The Morgan fingerprint density at radius 2 is 2.11 bits per heavy atom. The second kappa shape index (κ2) is 7.74. The summed E-state index contributed by atoms with van der Waals surface area (Å²) in [6, 6.07) is 11.7. The number of nitrogens with one attached hydrogen (secondary N) is 2. The number of methoxy groups -OCH3 is 1. The second-order valence-electron chi connectivity index (χ2n) is 7.47. The summed E-state index contributed by atoms with van der Waals surface area (Å²) in [4.78, 5) is 18.0. The van der Waals surface area contributed by atoms with Gasteiger partial charge in [-0.1, -0.05) is 18.2 Å². The van der Waals surface area contributed by atoms with Gasteiger partial charge in [0.05, 0.1) is 12.6 Å². The van der Waals surface area contributed by atoms with E-state index in [0.29, 0.717) is 5.69 Å². The molecule has 144 valence electrons. The van der Waals surface area contributed by atoms with E-state index < -0.39 is 0 Å². The molecule has 6 nitrogen and oxygen atoms in total. The number of fused-ring (bicyclic) bond motifs is 1. The monoisotopic (exact) mass is 369 g/mol. The van der Waals surface area contributed by atoms with Gasteiger partial charge < -0.3 is 24.7 Å². The van der Waals surface area contributed by atoms with Crippen molar-refractivity contribution in [2.45, 2.75) is 30.9 Å². The molecular formula is C21H27N3O3. The lowest BCUT2D eigenvalue weighted by molar-refractivity contribution is -0.0281. The molecule has 4 rings (SSSR count). The highest BCUT2D eigenvalue weighted by molar-refractivity contribution is 5.92. The molecule has 1 aromatic carbocycles.